The maximum Gasteiger partial charge on any atom is 0.338 e. The second-order valence-corrected chi connectivity index (χ2v) is 8.76. The maximum absolute atomic E-state index is 12.4. The number of hydrogen-bond acceptors (Lipinski definition) is 4. The van der Waals surface area contributed by atoms with Crippen molar-refractivity contribution >= 4 is 38.6 Å². The van der Waals surface area contributed by atoms with E-state index in [1.807, 2.05) is 18.2 Å². The molecule has 4 nitrogen and oxygen atoms in total. The lowest BCUT2D eigenvalue weighted by molar-refractivity contribution is -0.130. The fourth-order valence-corrected chi connectivity index (χ4v) is 5.23. The van der Waals surface area contributed by atoms with Crippen LogP contribution in [0.5, 0.6) is 11.5 Å². The average Bonchev–Trinajstić information content (AvgIpc) is 3.18. The van der Waals surface area contributed by atoms with E-state index in [-0.39, 0.29) is 11.3 Å². The molecular weight excluding hydrogens is 420 g/mol. The monoisotopic (exact) mass is 440 g/mol. The zero-order valence-electron chi connectivity index (χ0n) is 15.9. The number of rotatable bonds is 4. The molecule has 0 aliphatic heterocycles. The molecule has 2 unspecified atom stereocenters. The lowest BCUT2D eigenvalue weighted by atomic mass is 9.78. The Balaban J connectivity index is 2.10. The van der Waals surface area contributed by atoms with Crippen molar-refractivity contribution in [2.75, 3.05) is 0 Å². The molecule has 0 heterocycles. The van der Waals surface area contributed by atoms with Gasteiger partial charge in [-0.05, 0) is 43.6 Å². The fourth-order valence-electron chi connectivity index (χ4n) is 4.69. The van der Waals surface area contributed by atoms with E-state index in [2.05, 4.69) is 36.0 Å². The molecule has 0 amide bonds. The molecule has 0 radical (unpaired) electrons. The van der Waals surface area contributed by atoms with Gasteiger partial charge in [-0.3, -0.25) is 0 Å². The highest BCUT2D eigenvalue weighted by Crippen LogP contribution is 2.64. The molecule has 2 bridgehead atoms. The third-order valence-corrected chi connectivity index (χ3v) is 6.55. The Labute approximate surface area is 172 Å². The molecule has 28 heavy (non-hydrogen) atoms. The van der Waals surface area contributed by atoms with Crippen LogP contribution in [-0.4, -0.2) is 11.9 Å². The third kappa shape index (κ3) is 2.72. The Morgan fingerprint density at radius 1 is 1.29 bits per heavy atom. The number of benzene rings is 2. The molecule has 0 saturated heterocycles. The number of carbonyl (C=O) groups is 2. The zero-order valence-corrected chi connectivity index (χ0v) is 17.5. The van der Waals surface area contributed by atoms with E-state index in [4.69, 9.17) is 9.47 Å². The first-order valence-corrected chi connectivity index (χ1v) is 10.1. The van der Waals surface area contributed by atoms with Crippen LogP contribution in [-0.2, 0) is 15.0 Å². The quantitative estimate of drug-likeness (QED) is 0.346. The molecule has 0 aromatic heterocycles. The van der Waals surface area contributed by atoms with Crippen molar-refractivity contribution in [3.8, 4) is 11.5 Å². The smallest absolute Gasteiger partial charge is 0.338 e. The number of esters is 2. The van der Waals surface area contributed by atoms with Gasteiger partial charge in [0.15, 0.2) is 0 Å². The number of fused-ring (bicyclic) bond motifs is 6. The Hall–Kier alpha value is -2.40. The van der Waals surface area contributed by atoms with Gasteiger partial charge >= 0.3 is 11.9 Å². The lowest BCUT2D eigenvalue weighted by Crippen LogP contribution is -2.20. The van der Waals surface area contributed by atoms with Gasteiger partial charge in [0.25, 0.3) is 0 Å². The number of hydrogen-bond donors (Lipinski definition) is 0. The summed E-state index contributed by atoms with van der Waals surface area (Å²) in [7, 11) is 0. The summed E-state index contributed by atoms with van der Waals surface area (Å²) < 4.78 is 12.4. The van der Waals surface area contributed by atoms with E-state index in [0.29, 0.717) is 17.1 Å². The average molecular weight is 441 g/mol. The van der Waals surface area contributed by atoms with Crippen LogP contribution in [0.15, 0.2) is 47.5 Å². The molecule has 1 fully saturated rings. The summed E-state index contributed by atoms with van der Waals surface area (Å²) in [4.78, 5) is 24.5. The number of ether oxygens (including phenoxy) is 2. The summed E-state index contributed by atoms with van der Waals surface area (Å²) >= 11 is 3.59. The largest absolute Gasteiger partial charge is 0.422 e. The molecule has 0 spiro atoms. The number of halogens is 1. The minimum Gasteiger partial charge on any atom is -0.422 e. The van der Waals surface area contributed by atoms with Gasteiger partial charge in [0.1, 0.15) is 11.5 Å². The second kappa shape index (κ2) is 6.59. The molecule has 1 saturated carbocycles. The van der Waals surface area contributed by atoms with Crippen molar-refractivity contribution in [1.29, 1.82) is 0 Å². The van der Waals surface area contributed by atoms with Crippen molar-refractivity contribution in [3.05, 3.63) is 58.6 Å². The van der Waals surface area contributed by atoms with Crippen molar-refractivity contribution in [3.63, 3.8) is 0 Å². The molecule has 144 valence electrons. The molecule has 2 aliphatic rings. The molecule has 4 rings (SSSR count). The van der Waals surface area contributed by atoms with Crippen LogP contribution in [0, 0.1) is 0 Å². The standard InChI is InChI=1S/C23H21BrO4/c1-5-16(25)27-20-14-7-6-8-15(24)18(14)21(28-22(26)12(2)3)17-13-9-10-23(4,11-13)19(17)20/h5-8,13H,1-2,9-11H2,3-4H3. The van der Waals surface area contributed by atoms with E-state index in [1.54, 1.807) is 6.92 Å². The van der Waals surface area contributed by atoms with Crippen LogP contribution >= 0.6 is 15.9 Å². The van der Waals surface area contributed by atoms with E-state index >= 15 is 0 Å². The Morgan fingerprint density at radius 2 is 2.04 bits per heavy atom. The van der Waals surface area contributed by atoms with Gasteiger partial charge < -0.3 is 9.47 Å². The highest BCUT2D eigenvalue weighted by atomic mass is 79.9. The van der Waals surface area contributed by atoms with Crippen LogP contribution in [0.3, 0.4) is 0 Å². The summed E-state index contributed by atoms with van der Waals surface area (Å²) in [6, 6.07) is 5.66. The summed E-state index contributed by atoms with van der Waals surface area (Å²) in [6.07, 6.45) is 4.15. The van der Waals surface area contributed by atoms with Gasteiger partial charge in [0.2, 0.25) is 0 Å². The third-order valence-electron chi connectivity index (χ3n) is 5.89. The minimum atomic E-state index is -0.499. The van der Waals surface area contributed by atoms with Gasteiger partial charge in [-0.1, -0.05) is 48.1 Å². The molecule has 2 atom stereocenters. The minimum absolute atomic E-state index is 0.113. The van der Waals surface area contributed by atoms with Crippen LogP contribution < -0.4 is 9.47 Å². The zero-order chi connectivity index (χ0) is 20.2. The fraction of sp³-hybridized carbons (Fsp3) is 0.304. The summed E-state index contributed by atoms with van der Waals surface area (Å²) in [5, 5.41) is 1.47. The first-order valence-electron chi connectivity index (χ1n) is 9.27. The second-order valence-electron chi connectivity index (χ2n) is 7.90. The normalized spacial score (nSPS) is 22.0. The SMILES string of the molecule is C=CC(=O)Oc1c2c(c(OC(=O)C(=C)C)c3c(Br)cccc13)C1CCC2(C)C1. The van der Waals surface area contributed by atoms with E-state index in [1.165, 1.54) is 6.08 Å². The Bertz CT molecular complexity index is 1070. The van der Waals surface area contributed by atoms with Gasteiger partial charge in [-0.2, -0.15) is 0 Å². The predicted octanol–water partition coefficient (Wildman–Crippen LogP) is 5.71. The highest BCUT2D eigenvalue weighted by molar-refractivity contribution is 9.10. The molecule has 2 aromatic rings. The molecule has 2 aliphatic carbocycles. The van der Waals surface area contributed by atoms with E-state index in [9.17, 15) is 9.59 Å². The molecular formula is C23H21BrO4. The molecule has 5 heteroatoms. The summed E-state index contributed by atoms with van der Waals surface area (Å²) in [6.45, 7) is 11.1. The van der Waals surface area contributed by atoms with E-state index in [0.717, 1.165) is 45.6 Å². The highest BCUT2D eigenvalue weighted by Gasteiger charge is 2.51. The van der Waals surface area contributed by atoms with Gasteiger partial charge in [-0.15, -0.1) is 0 Å². The molecule has 0 N–H and O–H groups in total. The maximum atomic E-state index is 12.4. The lowest BCUT2D eigenvalue weighted by Gasteiger charge is -2.29. The van der Waals surface area contributed by atoms with E-state index < -0.39 is 11.9 Å². The van der Waals surface area contributed by atoms with Crippen molar-refractivity contribution < 1.29 is 19.1 Å². The topological polar surface area (TPSA) is 52.6 Å². The van der Waals surface area contributed by atoms with Crippen LogP contribution in [0.25, 0.3) is 10.8 Å². The van der Waals surface area contributed by atoms with Crippen molar-refractivity contribution in [2.24, 2.45) is 0 Å². The van der Waals surface area contributed by atoms with Crippen molar-refractivity contribution in [2.45, 2.75) is 44.4 Å². The van der Waals surface area contributed by atoms with Gasteiger partial charge in [-0.25, -0.2) is 9.59 Å². The van der Waals surface area contributed by atoms with Crippen LogP contribution in [0.2, 0.25) is 0 Å². The van der Waals surface area contributed by atoms with Crippen LogP contribution in [0.1, 0.15) is 50.2 Å². The Morgan fingerprint density at radius 3 is 2.71 bits per heavy atom. The van der Waals surface area contributed by atoms with Crippen LogP contribution in [0.4, 0.5) is 0 Å². The van der Waals surface area contributed by atoms with Gasteiger partial charge in [0.05, 0.1) is 0 Å². The van der Waals surface area contributed by atoms with Crippen molar-refractivity contribution in [1.82, 2.24) is 0 Å². The first-order chi connectivity index (χ1) is 13.3. The number of carbonyl (C=O) groups excluding carboxylic acids is 2. The summed E-state index contributed by atoms with van der Waals surface area (Å²) in [5.74, 6) is 0.420. The summed E-state index contributed by atoms with van der Waals surface area (Å²) in [5.41, 5.74) is 2.19. The predicted molar refractivity (Wildman–Crippen MR) is 112 cm³/mol. The Kier molecular flexibility index (Phi) is 4.46. The first kappa shape index (κ1) is 18.9. The molecule has 2 aromatic carbocycles. The van der Waals surface area contributed by atoms with Gasteiger partial charge in [0, 0.05) is 38.0 Å².